The molecular weight excluding hydrogens is 687 g/mol. The highest BCUT2D eigenvalue weighted by Gasteiger charge is 2.57. The van der Waals surface area contributed by atoms with Gasteiger partial charge in [0.15, 0.2) is 0 Å². The van der Waals surface area contributed by atoms with E-state index in [-0.39, 0.29) is 0 Å². The highest BCUT2D eigenvalue weighted by Crippen LogP contribution is 2.65. The Bertz CT molecular complexity index is 2070. The lowest BCUT2D eigenvalue weighted by Gasteiger charge is -2.59. The zero-order valence-corrected chi connectivity index (χ0v) is 34.6. The number of nitrogens with zero attached hydrogens (tertiary/aromatic N) is 2. The Hall–Kier alpha value is -2.68. The summed E-state index contributed by atoms with van der Waals surface area (Å²) in [6, 6.07) is 16.8. The van der Waals surface area contributed by atoms with Crippen LogP contribution in [-0.2, 0) is 29.1 Å². The normalized spacial score (nSPS) is 43.8. The van der Waals surface area contributed by atoms with Crippen molar-refractivity contribution in [3.63, 3.8) is 0 Å². The van der Waals surface area contributed by atoms with Crippen LogP contribution in [0.1, 0.15) is 156 Å². The summed E-state index contributed by atoms with van der Waals surface area (Å²) in [6.07, 6.45) is 32.4. The summed E-state index contributed by atoms with van der Waals surface area (Å²) in [6.45, 7) is 2.79. The van der Waals surface area contributed by atoms with Gasteiger partial charge in [0, 0.05) is 35.8 Å². The molecule has 292 valence electrons. The maximum Gasteiger partial charge on any atom is 0.252 e. The van der Waals surface area contributed by atoms with Crippen molar-refractivity contribution in [3.8, 4) is 0 Å². The van der Waals surface area contributed by atoms with Crippen LogP contribution < -0.4 is 26.2 Å². The minimum absolute atomic E-state index is 0.377. The van der Waals surface area contributed by atoms with Crippen molar-refractivity contribution in [2.45, 2.75) is 158 Å². The van der Waals surface area contributed by atoms with Crippen molar-refractivity contribution in [2.75, 3.05) is 22.9 Å². The average Bonchev–Trinajstić information content (AvgIpc) is 3.19. The molecule has 0 unspecified atom stereocenters. The quantitative estimate of drug-likeness (QED) is 0.246. The predicted molar refractivity (Wildman–Crippen MR) is 234 cm³/mol. The molecule has 19 rings (SSSR count). The van der Waals surface area contributed by atoms with Gasteiger partial charge in [-0.1, -0.05) is 24.3 Å². The van der Waals surface area contributed by atoms with E-state index in [0.29, 0.717) is 23.0 Å². The van der Waals surface area contributed by atoms with E-state index < -0.39 is 0 Å². The third kappa shape index (κ3) is 4.05. The number of hydrogen-bond acceptors (Lipinski definition) is 2. The Balaban J connectivity index is 0.935. The van der Waals surface area contributed by atoms with E-state index in [4.69, 9.17) is 0 Å². The molecule has 4 aliphatic heterocycles. The molecule has 57 heavy (non-hydrogen) atoms. The smallest absolute Gasteiger partial charge is 0.252 e. The van der Waals surface area contributed by atoms with Gasteiger partial charge in [-0.05, 0) is 267 Å². The van der Waals surface area contributed by atoms with Crippen LogP contribution in [0.4, 0.5) is 22.7 Å². The first-order valence-corrected chi connectivity index (χ1v) is 25.0. The van der Waals surface area contributed by atoms with Gasteiger partial charge in [-0.15, -0.1) is 0 Å². The highest BCUT2D eigenvalue weighted by molar-refractivity contribution is 7.00. The minimum Gasteiger partial charge on any atom is -0.342 e. The molecule has 3 heteroatoms. The van der Waals surface area contributed by atoms with Crippen LogP contribution in [-0.4, -0.2) is 19.8 Å². The SMILES string of the molecule is c1cc(C23CC4CC(CC(C4)C2)C3)c2c3c1B1c4ccc(C56CC7CC(CC(C7)C5)C6)c5c4N(CCC5)c4cc(C56CC7CC(CC(C7)C5)C6)cc(c41)N3CCC2. The molecule has 0 atom stereocenters. The zero-order valence-electron chi connectivity index (χ0n) is 34.6. The molecule has 16 aliphatic rings. The number of fused-ring (bicyclic) bond motifs is 4. The van der Waals surface area contributed by atoms with Gasteiger partial charge in [0.25, 0.3) is 6.71 Å². The van der Waals surface area contributed by atoms with Crippen LogP contribution in [0.2, 0.25) is 0 Å². The van der Waals surface area contributed by atoms with Crippen molar-refractivity contribution in [1.29, 1.82) is 0 Å². The van der Waals surface area contributed by atoms with Crippen molar-refractivity contribution in [3.05, 3.63) is 64.2 Å². The van der Waals surface area contributed by atoms with E-state index in [2.05, 4.69) is 46.2 Å². The first-order chi connectivity index (χ1) is 28.0. The van der Waals surface area contributed by atoms with Gasteiger partial charge in [0.2, 0.25) is 0 Å². The lowest BCUT2D eigenvalue weighted by Crippen LogP contribution is -2.64. The fourth-order valence-electron chi connectivity index (χ4n) is 20.9. The van der Waals surface area contributed by atoms with Gasteiger partial charge in [-0.2, -0.15) is 0 Å². The first-order valence-electron chi connectivity index (χ1n) is 25.0. The summed E-state index contributed by atoms with van der Waals surface area (Å²) in [5.41, 5.74) is 22.2. The van der Waals surface area contributed by atoms with Crippen molar-refractivity contribution in [2.24, 2.45) is 53.3 Å². The van der Waals surface area contributed by atoms with Crippen LogP contribution in [0.25, 0.3) is 0 Å². The van der Waals surface area contributed by atoms with Crippen LogP contribution in [0.3, 0.4) is 0 Å². The standard InChI is InChI=1S/C54H63BN2/c1-3-41-43(53-25-34-14-35(26-53)16-36(15-34)27-53)5-7-45-50(41)56(9-1)47-20-40(52-22-31-11-32(23-52)13-33(12-31)24-52)21-48-49(47)55(45)46-8-6-44(42-4-2-10-57(48)51(42)46)54-28-37-17-38(29-54)19-39(18-37)30-54/h5-8,20-21,31-39H,1-4,9-19,22-30H2. The molecule has 2 nitrogen and oxygen atoms in total. The molecular formula is C54H63BN2. The van der Waals surface area contributed by atoms with Crippen LogP contribution >= 0.6 is 0 Å². The van der Waals surface area contributed by atoms with E-state index in [0.717, 1.165) is 53.3 Å². The monoisotopic (exact) mass is 751 g/mol. The van der Waals surface area contributed by atoms with E-state index in [1.807, 2.05) is 22.3 Å². The maximum absolute atomic E-state index is 2.98. The molecule has 12 saturated carbocycles. The lowest BCUT2D eigenvalue weighted by molar-refractivity contribution is -0.00570. The summed E-state index contributed by atoms with van der Waals surface area (Å²) in [7, 11) is 0. The average molecular weight is 751 g/mol. The molecule has 0 aromatic heterocycles. The molecule has 0 spiro atoms. The van der Waals surface area contributed by atoms with E-state index >= 15 is 0 Å². The largest absolute Gasteiger partial charge is 0.342 e. The Morgan fingerprint density at radius 3 is 1.16 bits per heavy atom. The Morgan fingerprint density at radius 2 is 0.789 bits per heavy atom. The van der Waals surface area contributed by atoms with Gasteiger partial charge in [-0.25, -0.2) is 0 Å². The molecule has 12 bridgehead atoms. The minimum atomic E-state index is 0.377. The number of benzene rings is 3. The zero-order chi connectivity index (χ0) is 36.6. The predicted octanol–water partition coefficient (Wildman–Crippen LogP) is 10.4. The summed E-state index contributed by atoms with van der Waals surface area (Å²) in [4.78, 5) is 5.97. The second kappa shape index (κ2) is 10.6. The molecule has 0 N–H and O–H groups in total. The van der Waals surface area contributed by atoms with Crippen LogP contribution in [0.15, 0.2) is 36.4 Å². The third-order valence-electron chi connectivity index (χ3n) is 21.3. The molecule has 12 aliphatic carbocycles. The third-order valence-corrected chi connectivity index (χ3v) is 21.3. The Labute approximate surface area is 342 Å². The van der Waals surface area contributed by atoms with Crippen LogP contribution in [0.5, 0.6) is 0 Å². The fraction of sp³-hybridized carbons (Fsp3) is 0.667. The van der Waals surface area contributed by atoms with E-state index in [1.165, 1.54) is 154 Å². The summed E-state index contributed by atoms with van der Waals surface area (Å²) < 4.78 is 0. The topological polar surface area (TPSA) is 6.48 Å². The lowest BCUT2D eigenvalue weighted by atomic mass is 9.32. The molecule has 0 saturated heterocycles. The first kappa shape index (κ1) is 32.1. The van der Waals surface area contributed by atoms with Gasteiger partial charge < -0.3 is 9.80 Å². The highest BCUT2D eigenvalue weighted by atomic mass is 15.2. The van der Waals surface area contributed by atoms with Crippen LogP contribution in [0, 0.1) is 53.3 Å². The number of hydrogen-bond donors (Lipinski definition) is 0. The second-order valence-corrected chi connectivity index (χ2v) is 24.5. The fourth-order valence-corrected chi connectivity index (χ4v) is 20.9. The van der Waals surface area contributed by atoms with Gasteiger partial charge in [0.05, 0.1) is 0 Å². The molecule has 3 aromatic rings. The molecule has 3 aromatic carbocycles. The van der Waals surface area contributed by atoms with Crippen molar-refractivity contribution in [1.82, 2.24) is 0 Å². The van der Waals surface area contributed by atoms with E-state index in [9.17, 15) is 0 Å². The molecule has 4 heterocycles. The molecule has 0 radical (unpaired) electrons. The van der Waals surface area contributed by atoms with Gasteiger partial charge in [-0.3, -0.25) is 0 Å². The van der Waals surface area contributed by atoms with Gasteiger partial charge >= 0.3 is 0 Å². The molecule has 12 fully saturated rings. The number of rotatable bonds is 3. The number of anilines is 4. The summed E-state index contributed by atoms with van der Waals surface area (Å²) in [5, 5.41) is 0. The second-order valence-electron chi connectivity index (χ2n) is 24.5. The summed E-state index contributed by atoms with van der Waals surface area (Å²) in [5.74, 6) is 8.90. The van der Waals surface area contributed by atoms with Crippen molar-refractivity contribution < 1.29 is 0 Å². The maximum atomic E-state index is 2.98. The Morgan fingerprint density at radius 1 is 0.439 bits per heavy atom. The van der Waals surface area contributed by atoms with E-state index in [1.54, 1.807) is 44.7 Å². The van der Waals surface area contributed by atoms with Gasteiger partial charge in [0.1, 0.15) is 0 Å². The Kier molecular flexibility index (Phi) is 5.98. The summed E-state index contributed by atoms with van der Waals surface area (Å²) >= 11 is 0. The van der Waals surface area contributed by atoms with Crippen molar-refractivity contribution >= 4 is 45.9 Å². The molecule has 0 amide bonds.